The van der Waals surface area contributed by atoms with E-state index < -0.39 is 0 Å². The van der Waals surface area contributed by atoms with Crippen molar-refractivity contribution in [2.75, 3.05) is 13.1 Å². The van der Waals surface area contributed by atoms with Gasteiger partial charge in [-0.15, -0.1) is 0 Å². The van der Waals surface area contributed by atoms with E-state index in [-0.39, 0.29) is 21.2 Å². The van der Waals surface area contributed by atoms with Crippen molar-refractivity contribution in [1.82, 2.24) is 9.80 Å². The highest BCUT2D eigenvalue weighted by Gasteiger charge is 2.21. The Morgan fingerprint density at radius 1 is 0.944 bits per heavy atom. The minimum atomic E-state index is -0.156. The first kappa shape index (κ1) is 18.3. The lowest BCUT2D eigenvalue weighted by atomic mass is 10.6. The first-order valence-corrected chi connectivity index (χ1v) is 8.85. The van der Waals surface area contributed by atoms with Gasteiger partial charge in [0.05, 0.1) is 10.7 Å². The summed E-state index contributed by atoms with van der Waals surface area (Å²) in [5.41, 5.74) is 0. The van der Waals surface area contributed by atoms with Gasteiger partial charge in [0.2, 0.25) is 0 Å². The fourth-order valence-electron chi connectivity index (χ4n) is 1.26. The number of nitrogens with zero attached hydrogens (tertiary/aromatic N) is 2. The van der Waals surface area contributed by atoms with Gasteiger partial charge >= 0.3 is 0 Å². The van der Waals surface area contributed by atoms with Crippen molar-refractivity contribution in [3.8, 4) is 0 Å². The monoisotopic (exact) mass is 328 g/mol. The number of hydrogen-bond donors (Lipinski definition) is 2. The molecule has 0 spiro atoms. The third-order valence-corrected chi connectivity index (χ3v) is 4.74. The molecule has 106 valence electrons. The Morgan fingerprint density at radius 3 is 1.39 bits per heavy atom. The summed E-state index contributed by atoms with van der Waals surface area (Å²) in [6.45, 7) is 8.56. The van der Waals surface area contributed by atoms with E-state index in [1.807, 2.05) is 27.7 Å². The maximum atomic E-state index is 11.8. The highest BCUT2D eigenvalue weighted by atomic mass is 33.1. The molecule has 0 radical (unpaired) electrons. The fourth-order valence-corrected chi connectivity index (χ4v) is 3.86. The van der Waals surface area contributed by atoms with Crippen molar-refractivity contribution in [1.29, 1.82) is 0 Å². The third kappa shape index (κ3) is 5.99. The van der Waals surface area contributed by atoms with E-state index in [4.69, 9.17) is 0 Å². The molecule has 18 heavy (non-hydrogen) atoms. The Balaban J connectivity index is 4.32. The molecule has 0 bridgehead atoms. The molecular formula is C10H20N2O2S4. The summed E-state index contributed by atoms with van der Waals surface area (Å²) in [6.07, 6.45) is 0. The van der Waals surface area contributed by atoms with E-state index in [2.05, 4.69) is 25.3 Å². The quantitative estimate of drug-likeness (QED) is 0.468. The molecule has 0 aliphatic carbocycles. The van der Waals surface area contributed by atoms with Crippen LogP contribution in [0.5, 0.6) is 0 Å². The van der Waals surface area contributed by atoms with Crippen molar-refractivity contribution >= 4 is 57.3 Å². The van der Waals surface area contributed by atoms with Gasteiger partial charge in [-0.1, -0.05) is 0 Å². The van der Waals surface area contributed by atoms with Crippen molar-refractivity contribution in [3.05, 3.63) is 0 Å². The van der Waals surface area contributed by atoms with E-state index in [9.17, 15) is 9.59 Å². The van der Waals surface area contributed by atoms with Crippen LogP contribution in [0.4, 0.5) is 9.59 Å². The third-order valence-electron chi connectivity index (χ3n) is 2.24. The average molecular weight is 329 g/mol. The predicted molar refractivity (Wildman–Crippen MR) is 87.6 cm³/mol. The van der Waals surface area contributed by atoms with Gasteiger partial charge in [-0.3, -0.25) is 9.59 Å². The van der Waals surface area contributed by atoms with Gasteiger partial charge in [-0.25, -0.2) is 0 Å². The van der Waals surface area contributed by atoms with Crippen LogP contribution in [-0.4, -0.2) is 44.1 Å². The van der Waals surface area contributed by atoms with Crippen LogP contribution in [0.2, 0.25) is 0 Å². The van der Waals surface area contributed by atoms with Crippen LogP contribution in [-0.2, 0) is 0 Å². The normalized spacial score (nSPS) is 13.9. The molecule has 4 nitrogen and oxygen atoms in total. The molecule has 8 heteroatoms. The molecule has 2 atom stereocenters. The van der Waals surface area contributed by atoms with E-state index >= 15 is 0 Å². The average Bonchev–Trinajstić information content (AvgIpc) is 2.27. The SMILES string of the molecule is CCN(C(=O)SSC(=O)N(CC)C(C)S)C(C)S. The minimum Gasteiger partial charge on any atom is -0.322 e. The molecule has 0 aromatic carbocycles. The Kier molecular flexibility index (Phi) is 9.45. The first-order valence-electron chi connectivity index (χ1n) is 5.66. The molecule has 0 saturated heterocycles. The van der Waals surface area contributed by atoms with Gasteiger partial charge in [0, 0.05) is 34.7 Å². The summed E-state index contributed by atoms with van der Waals surface area (Å²) >= 11 is 8.45. The zero-order valence-electron chi connectivity index (χ0n) is 11.0. The Labute approximate surface area is 128 Å². The second kappa shape index (κ2) is 9.28. The molecule has 2 unspecified atom stereocenters. The lowest BCUT2D eigenvalue weighted by Gasteiger charge is -2.25. The smallest absolute Gasteiger partial charge is 0.293 e. The molecule has 0 rings (SSSR count). The Hall–Kier alpha value is 0.340. The fraction of sp³-hybridized carbons (Fsp3) is 0.800. The first-order chi connectivity index (χ1) is 8.34. The molecule has 0 heterocycles. The highest BCUT2D eigenvalue weighted by molar-refractivity contribution is 8.87. The van der Waals surface area contributed by atoms with E-state index in [1.54, 1.807) is 9.80 Å². The summed E-state index contributed by atoms with van der Waals surface area (Å²) in [7, 11) is 1.87. The summed E-state index contributed by atoms with van der Waals surface area (Å²) in [5, 5.41) is -0.615. The molecule has 0 aliphatic heterocycles. The molecule has 2 amide bonds. The van der Waals surface area contributed by atoms with Gasteiger partial charge < -0.3 is 9.80 Å². The van der Waals surface area contributed by atoms with Gasteiger partial charge in [0.25, 0.3) is 10.5 Å². The van der Waals surface area contributed by atoms with Gasteiger partial charge in [0.15, 0.2) is 0 Å². The minimum absolute atomic E-state index is 0.152. The van der Waals surface area contributed by atoms with Gasteiger partial charge in [-0.05, 0) is 27.7 Å². The number of thiol groups is 2. The maximum Gasteiger partial charge on any atom is 0.293 e. The number of hydrogen-bond acceptors (Lipinski definition) is 6. The van der Waals surface area contributed by atoms with E-state index in [0.29, 0.717) is 13.1 Å². The lowest BCUT2D eigenvalue weighted by Crippen LogP contribution is -2.34. The Morgan fingerprint density at radius 2 is 1.22 bits per heavy atom. The van der Waals surface area contributed by atoms with Gasteiger partial charge in [-0.2, -0.15) is 25.3 Å². The summed E-state index contributed by atoms with van der Waals surface area (Å²) in [6, 6.07) is 0. The van der Waals surface area contributed by atoms with Gasteiger partial charge in [0.1, 0.15) is 0 Å². The number of carbonyl (C=O) groups excluding carboxylic acids is 2. The molecule has 0 fully saturated rings. The van der Waals surface area contributed by atoms with Crippen LogP contribution in [0, 0.1) is 0 Å². The standard InChI is InChI=1S/C10H20N2O2S4/c1-5-11(7(3)15)9(13)17-18-10(14)12(6-2)8(4)16/h7-8,15-16H,5-6H2,1-4H3. The molecule has 0 saturated carbocycles. The van der Waals surface area contributed by atoms with Crippen LogP contribution in [0.3, 0.4) is 0 Å². The zero-order chi connectivity index (χ0) is 14.3. The summed E-state index contributed by atoms with van der Waals surface area (Å²) < 4.78 is 0. The van der Waals surface area contributed by atoms with Crippen molar-refractivity contribution in [3.63, 3.8) is 0 Å². The second-order valence-electron chi connectivity index (χ2n) is 3.53. The largest absolute Gasteiger partial charge is 0.322 e. The molecule has 0 aromatic rings. The van der Waals surface area contributed by atoms with Crippen LogP contribution < -0.4 is 0 Å². The molecule has 0 N–H and O–H groups in total. The van der Waals surface area contributed by atoms with Crippen LogP contribution >= 0.6 is 46.8 Å². The lowest BCUT2D eigenvalue weighted by molar-refractivity contribution is 0.223. The molecule has 0 aromatic heterocycles. The van der Waals surface area contributed by atoms with E-state index in [1.165, 1.54) is 0 Å². The number of amides is 2. The second-order valence-corrected chi connectivity index (χ2v) is 7.06. The van der Waals surface area contributed by atoms with Crippen molar-refractivity contribution in [2.45, 2.75) is 38.4 Å². The highest BCUT2D eigenvalue weighted by Crippen LogP contribution is 2.29. The summed E-state index contributed by atoms with van der Waals surface area (Å²) in [5.74, 6) is 0. The van der Waals surface area contributed by atoms with E-state index in [0.717, 1.165) is 21.6 Å². The van der Waals surface area contributed by atoms with Crippen LogP contribution in [0.1, 0.15) is 27.7 Å². The van der Waals surface area contributed by atoms with Crippen molar-refractivity contribution in [2.24, 2.45) is 0 Å². The molecular weight excluding hydrogens is 308 g/mol. The molecule has 0 aliphatic rings. The predicted octanol–water partition coefficient (Wildman–Crippen LogP) is 3.80. The van der Waals surface area contributed by atoms with Crippen LogP contribution in [0.25, 0.3) is 0 Å². The Bertz CT molecular complexity index is 259. The number of rotatable bonds is 4. The maximum absolute atomic E-state index is 11.8. The zero-order valence-corrected chi connectivity index (χ0v) is 14.4. The summed E-state index contributed by atoms with van der Waals surface area (Å²) in [4.78, 5) is 26.8. The number of carbonyl (C=O) groups is 2. The topological polar surface area (TPSA) is 40.6 Å². The van der Waals surface area contributed by atoms with Crippen LogP contribution in [0.15, 0.2) is 0 Å². The van der Waals surface area contributed by atoms with Crippen molar-refractivity contribution < 1.29 is 9.59 Å².